The van der Waals surface area contributed by atoms with E-state index < -0.39 is 9.05 Å². The minimum absolute atomic E-state index is 0. The molecule has 0 bridgehead atoms. The van der Waals surface area contributed by atoms with E-state index in [1.807, 2.05) is 0 Å². The molecule has 9 heteroatoms. The normalized spacial score (nSPS) is 6.67. The average molecular weight is 196 g/mol. The van der Waals surface area contributed by atoms with E-state index in [9.17, 15) is 0 Å². The van der Waals surface area contributed by atoms with E-state index in [2.05, 4.69) is 0 Å². The Morgan fingerprint density at radius 3 is 0.889 bits per heavy atom. The molecular weight excluding hydrogens is 195 g/mol. The summed E-state index contributed by atoms with van der Waals surface area (Å²) in [7, 11) is -5.61. The number of hydrogen-bond acceptors (Lipinski definition) is 5. The van der Waals surface area contributed by atoms with E-state index in [1.165, 1.54) is 0 Å². The van der Waals surface area contributed by atoms with Crippen LogP contribution in [0.2, 0.25) is 0 Å². The van der Waals surface area contributed by atoms with Gasteiger partial charge in [0.05, 0.1) is 0 Å². The summed E-state index contributed by atoms with van der Waals surface area (Å²) in [4.78, 5) is 34.3. The van der Waals surface area contributed by atoms with E-state index in [0.29, 0.717) is 0 Å². The predicted molar refractivity (Wildman–Crippen MR) is 19.2 cm³/mol. The quantitative estimate of drug-likeness (QED) is 0.356. The maximum atomic E-state index is 8.58. The van der Waals surface area contributed by atoms with Crippen molar-refractivity contribution in [2.24, 2.45) is 0 Å². The molecule has 0 atom stereocenters. The van der Waals surface area contributed by atoms with Crippen LogP contribution in [0, 0.1) is 0 Å². The van der Waals surface area contributed by atoms with Crippen LogP contribution in [0.25, 0.3) is 0 Å². The predicted octanol–water partition coefficient (Wildman–Crippen LogP) is -9.07. The zero-order valence-electron chi connectivity index (χ0n) is 4.99. The minimum Gasteiger partial charge on any atom is -0.894 e. The smallest absolute Gasteiger partial charge is 0.894 e. The third-order valence-electron chi connectivity index (χ3n) is 0. The van der Waals surface area contributed by atoms with Crippen LogP contribution in [-0.2, 0) is 0 Å². The van der Waals surface area contributed by atoms with Crippen molar-refractivity contribution in [1.29, 1.82) is 0 Å². The fourth-order valence-corrected chi connectivity index (χ4v) is 0. The van der Waals surface area contributed by atoms with Gasteiger partial charge < -0.3 is 33.7 Å². The molecule has 9 heavy (non-hydrogen) atoms. The second kappa shape index (κ2) is 13.6. The molecule has 0 aromatic heterocycles. The standard InChI is InChI=1S/Ca.Mg.Na.O4Si.H2O/c;;;1-5(2,3)4;/h;;;;1H2/q2*+2;+1;-4;/p-1. The van der Waals surface area contributed by atoms with E-state index in [1.54, 1.807) is 0 Å². The molecule has 0 fully saturated rings. The first-order valence-electron chi connectivity index (χ1n) is 0.816. The molecule has 0 radical (unpaired) electrons. The first kappa shape index (κ1) is 29.6. The van der Waals surface area contributed by atoms with Gasteiger partial charge in [-0.3, -0.25) is 0 Å². The Bertz CT molecular complexity index is 32.4. The van der Waals surface area contributed by atoms with Crippen molar-refractivity contribution in [1.82, 2.24) is 0 Å². The Hall–Kier alpha value is 3.04. The molecule has 0 aliphatic heterocycles. The third kappa shape index (κ3) is 97.5. The van der Waals surface area contributed by atoms with Gasteiger partial charge in [-0.1, -0.05) is 0 Å². The molecule has 1 N–H and O–H groups in total. The molecule has 40 valence electrons. The summed E-state index contributed by atoms with van der Waals surface area (Å²) < 4.78 is 0. The molecule has 0 heterocycles. The molecule has 0 amide bonds. The van der Waals surface area contributed by atoms with Crippen LogP contribution in [0.15, 0.2) is 0 Å². The molecular formula is HCaMgNaO5Si. The van der Waals surface area contributed by atoms with Gasteiger partial charge in [0.2, 0.25) is 0 Å². The second-order valence-electron chi connectivity index (χ2n) is 0.500. The van der Waals surface area contributed by atoms with Crippen molar-refractivity contribution < 1.29 is 54.2 Å². The summed E-state index contributed by atoms with van der Waals surface area (Å²) in [5, 5.41) is 0. The Balaban J connectivity index is -0.0000000133. The first-order valence-corrected chi connectivity index (χ1v) is 2.45. The Labute approximate surface area is 122 Å². The van der Waals surface area contributed by atoms with E-state index in [4.69, 9.17) is 19.2 Å². The van der Waals surface area contributed by atoms with Crippen molar-refractivity contribution in [2.75, 3.05) is 0 Å². The number of hydrogen-bond donors (Lipinski definition) is 0. The molecule has 0 aliphatic carbocycles. The fraction of sp³-hybridized carbons (Fsp3) is 0. The van der Waals surface area contributed by atoms with Gasteiger partial charge in [0.15, 0.2) is 0 Å². The van der Waals surface area contributed by atoms with Crippen LogP contribution < -0.4 is 48.7 Å². The van der Waals surface area contributed by atoms with E-state index in [0.717, 1.165) is 0 Å². The van der Waals surface area contributed by atoms with Gasteiger partial charge >= 0.3 is 90.3 Å². The van der Waals surface area contributed by atoms with Gasteiger partial charge in [-0.05, 0) is 0 Å². The summed E-state index contributed by atoms with van der Waals surface area (Å²) in [5.41, 5.74) is 0. The van der Waals surface area contributed by atoms with Gasteiger partial charge in [0.1, 0.15) is 0 Å². The van der Waals surface area contributed by atoms with E-state index in [-0.39, 0.29) is 95.8 Å². The van der Waals surface area contributed by atoms with Gasteiger partial charge in [-0.15, -0.1) is 0 Å². The Morgan fingerprint density at radius 2 is 0.889 bits per heavy atom. The number of rotatable bonds is 0. The zero-order chi connectivity index (χ0) is 4.50. The van der Waals surface area contributed by atoms with Crippen LogP contribution in [0.5, 0.6) is 0 Å². The van der Waals surface area contributed by atoms with E-state index >= 15 is 0 Å². The molecule has 0 aromatic carbocycles. The Kier molecular flexibility index (Phi) is 44.8. The van der Waals surface area contributed by atoms with Crippen molar-refractivity contribution in [2.45, 2.75) is 0 Å². The summed E-state index contributed by atoms with van der Waals surface area (Å²) in [6.07, 6.45) is 0. The maximum Gasteiger partial charge on any atom is 2.00 e. The molecule has 0 aliphatic rings. The topological polar surface area (TPSA) is 122 Å². The van der Waals surface area contributed by atoms with Crippen LogP contribution in [0.3, 0.4) is 0 Å². The summed E-state index contributed by atoms with van der Waals surface area (Å²) in [5.74, 6) is 0. The van der Waals surface area contributed by atoms with Crippen LogP contribution in [0.1, 0.15) is 0 Å². The monoisotopic (exact) mass is 196 g/mol. The van der Waals surface area contributed by atoms with Crippen LogP contribution >= 0.6 is 0 Å². The third-order valence-corrected chi connectivity index (χ3v) is 0. The molecule has 5 nitrogen and oxygen atoms in total. The van der Waals surface area contributed by atoms with Crippen LogP contribution in [0.4, 0.5) is 0 Å². The van der Waals surface area contributed by atoms with Crippen molar-refractivity contribution >= 4 is 69.8 Å². The average Bonchev–Trinajstić information content (AvgIpc) is 0.722. The van der Waals surface area contributed by atoms with Gasteiger partial charge in [0.25, 0.3) is 0 Å². The molecule has 0 aromatic rings. The maximum absolute atomic E-state index is 8.58. The minimum atomic E-state index is -5.61. The van der Waals surface area contributed by atoms with Crippen molar-refractivity contribution in [3.8, 4) is 0 Å². The molecule has 0 rings (SSSR count). The second-order valence-corrected chi connectivity index (χ2v) is 1.50. The van der Waals surface area contributed by atoms with Gasteiger partial charge in [0, 0.05) is 0 Å². The van der Waals surface area contributed by atoms with Crippen molar-refractivity contribution in [3.05, 3.63) is 0 Å². The van der Waals surface area contributed by atoms with Crippen molar-refractivity contribution in [3.63, 3.8) is 0 Å². The SMILES string of the molecule is [Ca+2].[Mg+2].[Na+].[O-][Si]([O-])([O-])[O-].[OH-]. The molecule has 0 saturated heterocycles. The Morgan fingerprint density at radius 1 is 0.889 bits per heavy atom. The van der Waals surface area contributed by atoms with Crippen LogP contribution in [-0.4, -0.2) is 75.3 Å². The molecule has 0 saturated carbocycles. The van der Waals surface area contributed by atoms with Gasteiger partial charge in [-0.25, -0.2) is 0 Å². The summed E-state index contributed by atoms with van der Waals surface area (Å²) in [6, 6.07) is 0. The van der Waals surface area contributed by atoms with Gasteiger partial charge in [-0.2, -0.15) is 0 Å². The largest absolute Gasteiger partial charge is 2.00 e. The molecule has 0 unspecified atom stereocenters. The first-order chi connectivity index (χ1) is 2.00. The summed E-state index contributed by atoms with van der Waals surface area (Å²) in [6.45, 7) is 0. The molecule has 0 spiro atoms. The zero-order valence-corrected chi connectivity index (χ0v) is 11.6. The fourth-order valence-electron chi connectivity index (χ4n) is 0. The summed E-state index contributed by atoms with van der Waals surface area (Å²) >= 11 is 0.